The van der Waals surface area contributed by atoms with E-state index in [0.717, 1.165) is 35.3 Å². The lowest BCUT2D eigenvalue weighted by Crippen LogP contribution is -2.64. The molecule has 2 unspecified atom stereocenters. The molecule has 0 aliphatic carbocycles. The molecule has 2 bridgehead atoms. The second-order valence-corrected chi connectivity index (χ2v) is 7.59. The molecule has 1 aromatic rings. The number of fused-ring (bicyclic) bond motifs is 2. The molecule has 2 saturated heterocycles. The lowest BCUT2D eigenvalue weighted by molar-refractivity contribution is -0.0364. The lowest BCUT2D eigenvalue weighted by atomic mass is 9.97. The van der Waals surface area contributed by atoms with E-state index in [4.69, 9.17) is 0 Å². The van der Waals surface area contributed by atoms with Crippen LogP contribution in [0.3, 0.4) is 0 Å². The smallest absolute Gasteiger partial charge is 0.128 e. The maximum atomic E-state index is 9.69. The van der Waals surface area contributed by atoms with Crippen LogP contribution in [-0.2, 0) is 0 Å². The van der Waals surface area contributed by atoms with E-state index in [2.05, 4.69) is 49.5 Å². The number of nitrogens with zero attached hydrogens (tertiary/aromatic N) is 3. The van der Waals surface area contributed by atoms with Gasteiger partial charge >= 0.3 is 0 Å². The zero-order valence-electron chi connectivity index (χ0n) is 12.2. The van der Waals surface area contributed by atoms with Crippen molar-refractivity contribution in [2.45, 2.75) is 37.4 Å². The normalized spacial score (nSPS) is 26.4. The number of hydrogen-bond donors (Lipinski definition) is 2. The average molecular weight is 403 g/mol. The van der Waals surface area contributed by atoms with Crippen LogP contribution in [-0.4, -0.2) is 64.0 Å². The lowest BCUT2D eigenvalue weighted by Gasteiger charge is -2.49. The molecule has 0 radical (unpaired) electrons. The Morgan fingerprint density at radius 1 is 1.24 bits per heavy atom. The Kier molecular flexibility index (Phi) is 4.40. The van der Waals surface area contributed by atoms with Gasteiger partial charge in [0.05, 0.1) is 18.8 Å². The van der Waals surface area contributed by atoms with Gasteiger partial charge in [0, 0.05) is 34.9 Å². The summed E-state index contributed by atoms with van der Waals surface area (Å²) < 4.78 is 1.14. The van der Waals surface area contributed by atoms with E-state index in [0.29, 0.717) is 12.1 Å². The quantitative estimate of drug-likeness (QED) is 0.738. The molecule has 6 heteroatoms. The van der Waals surface area contributed by atoms with Crippen LogP contribution in [0.25, 0.3) is 0 Å². The van der Waals surface area contributed by atoms with E-state index in [1.165, 1.54) is 0 Å². The van der Waals surface area contributed by atoms with Gasteiger partial charge in [0.1, 0.15) is 5.82 Å². The topological polar surface area (TPSA) is 59.8 Å². The highest BCUT2D eigenvalue weighted by Gasteiger charge is 2.48. The Hall–Kier alpha value is -0.440. The third-order valence-electron chi connectivity index (χ3n) is 4.82. The van der Waals surface area contributed by atoms with Gasteiger partial charge in [0.2, 0.25) is 0 Å². The summed E-state index contributed by atoms with van der Waals surface area (Å²) in [5, 5.41) is 19.4. The summed E-state index contributed by atoms with van der Waals surface area (Å²) in [6, 6.07) is 4.93. The highest BCUT2D eigenvalue weighted by atomic mass is 127. The number of aliphatic hydroxyl groups excluding tert-OH is 2. The van der Waals surface area contributed by atoms with Crippen LogP contribution < -0.4 is 4.90 Å². The van der Waals surface area contributed by atoms with Crippen molar-refractivity contribution in [1.82, 2.24) is 9.88 Å². The van der Waals surface area contributed by atoms with Crippen molar-refractivity contribution < 1.29 is 10.2 Å². The molecular weight excluding hydrogens is 381 g/mol. The van der Waals surface area contributed by atoms with Crippen molar-refractivity contribution in [1.29, 1.82) is 0 Å². The van der Waals surface area contributed by atoms with Gasteiger partial charge in [-0.1, -0.05) is 0 Å². The first-order valence-corrected chi connectivity index (χ1v) is 8.52. The van der Waals surface area contributed by atoms with Crippen LogP contribution in [0.15, 0.2) is 18.3 Å². The average Bonchev–Trinajstić information content (AvgIpc) is 2.78. The molecule has 21 heavy (non-hydrogen) atoms. The number of aromatic nitrogens is 1. The Balaban J connectivity index is 1.79. The number of aliphatic hydroxyl groups is 2. The minimum atomic E-state index is -0.516. The maximum Gasteiger partial charge on any atom is 0.128 e. The van der Waals surface area contributed by atoms with E-state index < -0.39 is 5.54 Å². The number of hydrogen-bond acceptors (Lipinski definition) is 5. The predicted molar refractivity (Wildman–Crippen MR) is 90.4 cm³/mol. The van der Waals surface area contributed by atoms with Gasteiger partial charge in [-0.3, -0.25) is 4.90 Å². The fraction of sp³-hybridized carbons (Fsp3) is 0.667. The van der Waals surface area contributed by atoms with Crippen LogP contribution in [0.4, 0.5) is 5.82 Å². The molecule has 1 aromatic heterocycles. The largest absolute Gasteiger partial charge is 0.394 e. The van der Waals surface area contributed by atoms with Crippen molar-refractivity contribution in [2.75, 3.05) is 31.2 Å². The van der Waals surface area contributed by atoms with Crippen LogP contribution in [0, 0.1) is 3.57 Å². The molecule has 2 aliphatic rings. The zero-order chi connectivity index (χ0) is 15.0. The van der Waals surface area contributed by atoms with E-state index in [9.17, 15) is 10.2 Å². The second kappa shape index (κ2) is 5.98. The van der Waals surface area contributed by atoms with E-state index in [1.54, 1.807) is 0 Å². The molecule has 3 rings (SSSR count). The zero-order valence-corrected chi connectivity index (χ0v) is 14.4. The fourth-order valence-corrected chi connectivity index (χ4v) is 4.06. The molecule has 2 aliphatic heterocycles. The third kappa shape index (κ3) is 2.78. The first-order valence-electron chi connectivity index (χ1n) is 7.44. The van der Waals surface area contributed by atoms with Crippen LogP contribution in [0.2, 0.25) is 0 Å². The van der Waals surface area contributed by atoms with E-state index in [1.807, 2.05) is 13.1 Å². The standard InChI is InChI=1S/C15H22IN3O2/c1-15(9-20,10-21)19-12-3-4-13(19)8-18(7-12)14-5-2-11(16)6-17-14/h2,5-6,12-13,20-21H,3-4,7-10H2,1H3. The summed E-state index contributed by atoms with van der Waals surface area (Å²) >= 11 is 2.27. The number of rotatable bonds is 4. The van der Waals surface area contributed by atoms with Gasteiger partial charge < -0.3 is 15.1 Å². The molecular formula is C15H22IN3O2. The molecule has 2 atom stereocenters. The van der Waals surface area contributed by atoms with Crippen molar-refractivity contribution >= 4 is 28.4 Å². The molecule has 0 spiro atoms. The highest BCUT2D eigenvalue weighted by molar-refractivity contribution is 14.1. The SMILES string of the molecule is CC(CO)(CO)N1C2CCC1CN(c1ccc(I)cn1)C2. The van der Waals surface area contributed by atoms with Gasteiger partial charge in [-0.2, -0.15) is 0 Å². The van der Waals surface area contributed by atoms with Gasteiger partial charge in [0.15, 0.2) is 0 Å². The number of halogens is 1. The maximum absolute atomic E-state index is 9.69. The van der Waals surface area contributed by atoms with Gasteiger partial charge in [0.25, 0.3) is 0 Å². The van der Waals surface area contributed by atoms with Crippen LogP contribution in [0.1, 0.15) is 19.8 Å². The Labute approximate surface area is 139 Å². The van der Waals surface area contributed by atoms with E-state index >= 15 is 0 Å². The summed E-state index contributed by atoms with van der Waals surface area (Å²) in [5.41, 5.74) is -0.516. The van der Waals surface area contributed by atoms with Gasteiger partial charge in [-0.25, -0.2) is 4.98 Å². The number of piperazine rings is 1. The van der Waals surface area contributed by atoms with Gasteiger partial charge in [-0.05, 0) is 54.5 Å². The van der Waals surface area contributed by atoms with Crippen molar-refractivity contribution in [3.63, 3.8) is 0 Å². The third-order valence-corrected chi connectivity index (χ3v) is 5.46. The molecule has 2 N–H and O–H groups in total. The summed E-state index contributed by atoms with van der Waals surface area (Å²) in [4.78, 5) is 9.21. The second-order valence-electron chi connectivity index (χ2n) is 6.35. The van der Waals surface area contributed by atoms with Crippen molar-refractivity contribution in [2.24, 2.45) is 0 Å². The van der Waals surface area contributed by atoms with Gasteiger partial charge in [-0.15, -0.1) is 0 Å². The number of anilines is 1. The molecule has 0 saturated carbocycles. The Morgan fingerprint density at radius 3 is 2.33 bits per heavy atom. The summed E-state index contributed by atoms with van der Waals surface area (Å²) in [7, 11) is 0. The van der Waals surface area contributed by atoms with Crippen molar-refractivity contribution in [3.05, 3.63) is 21.9 Å². The predicted octanol–water partition coefficient (Wildman–Crippen LogP) is 1.08. The Morgan fingerprint density at radius 2 is 1.86 bits per heavy atom. The molecule has 0 aromatic carbocycles. The minimum absolute atomic E-state index is 0.00170. The van der Waals surface area contributed by atoms with E-state index in [-0.39, 0.29) is 13.2 Å². The monoisotopic (exact) mass is 403 g/mol. The van der Waals surface area contributed by atoms with Crippen molar-refractivity contribution in [3.8, 4) is 0 Å². The molecule has 0 amide bonds. The summed E-state index contributed by atoms with van der Waals surface area (Å²) in [6.07, 6.45) is 4.15. The molecule has 3 heterocycles. The highest BCUT2D eigenvalue weighted by Crippen LogP contribution is 2.37. The van der Waals surface area contributed by atoms with Crippen LogP contribution in [0.5, 0.6) is 0 Å². The number of pyridine rings is 1. The summed E-state index contributed by atoms with van der Waals surface area (Å²) in [6.45, 7) is 3.78. The molecule has 5 nitrogen and oxygen atoms in total. The molecule has 2 fully saturated rings. The minimum Gasteiger partial charge on any atom is -0.394 e. The fourth-order valence-electron chi connectivity index (χ4n) is 3.74. The first-order chi connectivity index (χ1) is 10.1. The Bertz CT molecular complexity index is 478. The first kappa shape index (κ1) is 15.5. The molecule has 116 valence electrons. The van der Waals surface area contributed by atoms with Crippen LogP contribution >= 0.6 is 22.6 Å². The summed E-state index contributed by atoms with van der Waals surface area (Å²) in [5.74, 6) is 1.03.